The first-order chi connectivity index (χ1) is 12.7. The van der Waals surface area contributed by atoms with Crippen molar-refractivity contribution in [2.24, 2.45) is 4.99 Å². The van der Waals surface area contributed by atoms with E-state index in [4.69, 9.17) is 0 Å². The number of benzene rings is 1. The molecule has 2 aromatic rings. The van der Waals surface area contributed by atoms with Gasteiger partial charge in [-0.1, -0.05) is 30.3 Å². The van der Waals surface area contributed by atoms with Gasteiger partial charge in [0, 0.05) is 37.9 Å². The summed E-state index contributed by atoms with van der Waals surface area (Å²) in [5, 5.41) is 13.9. The molecule has 2 unspecified atom stereocenters. The van der Waals surface area contributed by atoms with Gasteiger partial charge in [0.1, 0.15) is 0 Å². The lowest BCUT2D eigenvalue weighted by molar-refractivity contribution is 0.134. The van der Waals surface area contributed by atoms with Crippen LogP contribution in [0.15, 0.2) is 47.6 Å². The van der Waals surface area contributed by atoms with E-state index in [1.54, 1.807) is 6.20 Å². The summed E-state index contributed by atoms with van der Waals surface area (Å²) in [7, 11) is 0. The lowest BCUT2D eigenvalue weighted by Gasteiger charge is -2.38. The second-order valence-corrected chi connectivity index (χ2v) is 6.95. The summed E-state index contributed by atoms with van der Waals surface area (Å²) in [6.07, 6.45) is 4.02. The number of piperidine rings is 1. The Hall–Kier alpha value is -2.34. The van der Waals surface area contributed by atoms with E-state index >= 15 is 0 Å². The second kappa shape index (κ2) is 9.38. The third kappa shape index (κ3) is 5.33. The molecule has 1 fully saturated rings. The molecule has 0 saturated carbocycles. The molecule has 0 spiro atoms. The summed E-state index contributed by atoms with van der Waals surface area (Å²) in [6.45, 7) is 8.02. The maximum absolute atomic E-state index is 4.67. The van der Waals surface area contributed by atoms with E-state index in [9.17, 15) is 0 Å². The number of aromatic amines is 1. The molecular weight excluding hydrogens is 324 g/mol. The van der Waals surface area contributed by atoms with Gasteiger partial charge in [0.25, 0.3) is 0 Å². The van der Waals surface area contributed by atoms with Crippen LogP contribution in [-0.4, -0.2) is 46.2 Å². The van der Waals surface area contributed by atoms with Crippen LogP contribution >= 0.6 is 0 Å². The molecule has 1 aromatic heterocycles. The number of hydrogen-bond donors (Lipinski definition) is 3. The molecule has 3 rings (SSSR count). The minimum Gasteiger partial charge on any atom is -0.357 e. The van der Waals surface area contributed by atoms with Gasteiger partial charge in [-0.2, -0.15) is 5.10 Å². The highest BCUT2D eigenvalue weighted by molar-refractivity contribution is 5.80. The van der Waals surface area contributed by atoms with E-state index in [0.29, 0.717) is 18.6 Å². The van der Waals surface area contributed by atoms with Crippen LogP contribution in [0.4, 0.5) is 0 Å². The van der Waals surface area contributed by atoms with Crippen molar-refractivity contribution in [2.75, 3.05) is 13.1 Å². The van der Waals surface area contributed by atoms with Crippen LogP contribution in [0.1, 0.15) is 37.9 Å². The number of hydrogen-bond acceptors (Lipinski definition) is 3. The normalized spacial score (nSPS) is 21.5. The van der Waals surface area contributed by atoms with Crippen molar-refractivity contribution in [1.82, 2.24) is 25.7 Å². The van der Waals surface area contributed by atoms with E-state index in [0.717, 1.165) is 44.1 Å². The Kier molecular flexibility index (Phi) is 6.66. The molecule has 2 heterocycles. The molecule has 6 heteroatoms. The highest BCUT2D eigenvalue weighted by atomic mass is 15.2. The predicted octanol–water partition coefficient (Wildman–Crippen LogP) is 2.52. The summed E-state index contributed by atoms with van der Waals surface area (Å²) in [5.74, 6) is 0.885. The molecular formula is C20H30N6. The van der Waals surface area contributed by atoms with E-state index in [1.807, 2.05) is 6.07 Å². The fraction of sp³-hybridized carbons (Fsp3) is 0.500. The smallest absolute Gasteiger partial charge is 0.191 e. The molecule has 140 valence electrons. The van der Waals surface area contributed by atoms with Gasteiger partial charge in [-0.05, 0) is 38.3 Å². The van der Waals surface area contributed by atoms with Crippen molar-refractivity contribution in [3.8, 4) is 0 Å². The van der Waals surface area contributed by atoms with Crippen LogP contribution in [0.25, 0.3) is 0 Å². The largest absolute Gasteiger partial charge is 0.357 e. The number of nitrogens with one attached hydrogen (secondary N) is 3. The van der Waals surface area contributed by atoms with Crippen LogP contribution < -0.4 is 10.6 Å². The SMILES string of the molecule is CCNC(=NCc1ccn[nH]1)NC1CCN(Cc2ccccc2)C(C)C1. The number of H-pyrrole nitrogens is 1. The third-order valence-electron chi connectivity index (χ3n) is 4.89. The molecule has 2 atom stereocenters. The van der Waals surface area contributed by atoms with Gasteiger partial charge < -0.3 is 10.6 Å². The summed E-state index contributed by atoms with van der Waals surface area (Å²) < 4.78 is 0. The Morgan fingerprint density at radius 1 is 1.31 bits per heavy atom. The fourth-order valence-electron chi connectivity index (χ4n) is 3.45. The number of nitrogens with zero attached hydrogens (tertiary/aromatic N) is 3. The predicted molar refractivity (Wildman–Crippen MR) is 106 cm³/mol. The van der Waals surface area contributed by atoms with Crippen LogP contribution in [0.5, 0.6) is 0 Å². The topological polar surface area (TPSA) is 68.3 Å². The molecule has 26 heavy (non-hydrogen) atoms. The number of likely N-dealkylation sites (tertiary alicyclic amines) is 1. The van der Waals surface area contributed by atoms with E-state index in [-0.39, 0.29) is 0 Å². The van der Waals surface area contributed by atoms with Gasteiger partial charge in [-0.25, -0.2) is 4.99 Å². The molecule has 1 saturated heterocycles. The molecule has 0 bridgehead atoms. The Morgan fingerprint density at radius 2 is 2.15 bits per heavy atom. The molecule has 0 radical (unpaired) electrons. The quantitative estimate of drug-likeness (QED) is 0.551. The molecule has 1 aliphatic heterocycles. The van der Waals surface area contributed by atoms with Crippen LogP contribution in [-0.2, 0) is 13.1 Å². The Labute approximate surface area is 156 Å². The van der Waals surface area contributed by atoms with Crippen LogP contribution in [0.3, 0.4) is 0 Å². The Balaban J connectivity index is 1.52. The van der Waals surface area contributed by atoms with Crippen LogP contribution in [0.2, 0.25) is 0 Å². The first-order valence-electron chi connectivity index (χ1n) is 9.55. The van der Waals surface area contributed by atoms with E-state index < -0.39 is 0 Å². The monoisotopic (exact) mass is 354 g/mol. The first kappa shape index (κ1) is 18.5. The summed E-state index contributed by atoms with van der Waals surface area (Å²) >= 11 is 0. The van der Waals surface area contributed by atoms with Crippen molar-refractivity contribution in [3.63, 3.8) is 0 Å². The zero-order chi connectivity index (χ0) is 18.2. The molecule has 1 aromatic carbocycles. The Morgan fingerprint density at radius 3 is 2.85 bits per heavy atom. The average molecular weight is 355 g/mol. The zero-order valence-electron chi connectivity index (χ0n) is 15.8. The number of guanidine groups is 1. The van der Waals surface area contributed by atoms with Gasteiger partial charge in [0.05, 0.1) is 12.2 Å². The molecule has 6 nitrogen and oxygen atoms in total. The summed E-state index contributed by atoms with van der Waals surface area (Å²) in [6, 6.07) is 13.7. The van der Waals surface area contributed by atoms with Gasteiger partial charge >= 0.3 is 0 Å². The van der Waals surface area contributed by atoms with E-state index in [1.165, 1.54) is 5.56 Å². The summed E-state index contributed by atoms with van der Waals surface area (Å²) in [5.41, 5.74) is 2.41. The maximum atomic E-state index is 4.67. The minimum absolute atomic E-state index is 0.455. The average Bonchev–Trinajstić information content (AvgIpc) is 3.17. The van der Waals surface area contributed by atoms with Gasteiger partial charge in [0.2, 0.25) is 0 Å². The van der Waals surface area contributed by atoms with Gasteiger partial charge in [-0.15, -0.1) is 0 Å². The second-order valence-electron chi connectivity index (χ2n) is 6.95. The number of aliphatic imine (C=N–C) groups is 1. The van der Waals surface area contributed by atoms with Crippen molar-refractivity contribution in [2.45, 2.75) is 51.9 Å². The number of aromatic nitrogens is 2. The highest BCUT2D eigenvalue weighted by Gasteiger charge is 2.25. The molecule has 3 N–H and O–H groups in total. The molecule has 1 aliphatic rings. The van der Waals surface area contributed by atoms with Crippen molar-refractivity contribution in [1.29, 1.82) is 0 Å². The minimum atomic E-state index is 0.455. The van der Waals surface area contributed by atoms with Crippen LogP contribution in [0, 0.1) is 0 Å². The van der Waals surface area contributed by atoms with Crippen molar-refractivity contribution >= 4 is 5.96 Å². The zero-order valence-corrected chi connectivity index (χ0v) is 15.8. The van der Waals surface area contributed by atoms with Crippen molar-refractivity contribution < 1.29 is 0 Å². The van der Waals surface area contributed by atoms with Gasteiger partial charge in [0.15, 0.2) is 5.96 Å². The standard InChI is InChI=1S/C20H30N6/c1-3-21-20(22-14-19-9-11-23-25-19)24-18-10-12-26(16(2)13-18)15-17-7-5-4-6-8-17/h4-9,11,16,18H,3,10,12-15H2,1-2H3,(H,23,25)(H2,21,22,24). The molecule has 0 amide bonds. The van der Waals surface area contributed by atoms with Gasteiger partial charge in [-0.3, -0.25) is 10.00 Å². The maximum Gasteiger partial charge on any atom is 0.191 e. The van der Waals surface area contributed by atoms with Crippen molar-refractivity contribution in [3.05, 3.63) is 53.9 Å². The Bertz CT molecular complexity index is 667. The number of rotatable bonds is 6. The molecule has 0 aliphatic carbocycles. The third-order valence-corrected chi connectivity index (χ3v) is 4.89. The van der Waals surface area contributed by atoms with E-state index in [2.05, 4.69) is 74.9 Å². The lowest BCUT2D eigenvalue weighted by atomic mass is 9.97. The first-order valence-corrected chi connectivity index (χ1v) is 9.55. The fourth-order valence-corrected chi connectivity index (χ4v) is 3.45. The lowest BCUT2D eigenvalue weighted by Crippen LogP contribution is -2.51. The summed E-state index contributed by atoms with van der Waals surface area (Å²) in [4.78, 5) is 7.24. The highest BCUT2D eigenvalue weighted by Crippen LogP contribution is 2.19.